The fraction of sp³-hybridized carbons (Fsp3) is 0.667. The van der Waals surface area contributed by atoms with Gasteiger partial charge in [-0.15, -0.1) is 0 Å². The van der Waals surface area contributed by atoms with E-state index in [1.165, 1.54) is 5.57 Å². The van der Waals surface area contributed by atoms with Crippen LogP contribution in [0.15, 0.2) is 11.6 Å². The Balaban J connectivity index is 3.49. The van der Waals surface area contributed by atoms with Crippen molar-refractivity contribution in [3.05, 3.63) is 11.6 Å². The maximum Gasteiger partial charge on any atom is 0.371 e. The molecule has 0 aromatic rings. The molecule has 15 heavy (non-hydrogen) atoms. The van der Waals surface area contributed by atoms with Crippen molar-refractivity contribution in [2.45, 2.75) is 40.0 Å². The summed E-state index contributed by atoms with van der Waals surface area (Å²) >= 11 is 0. The Labute approximate surface area is 91.5 Å². The molecule has 0 saturated carbocycles. The van der Waals surface area contributed by atoms with Crippen molar-refractivity contribution in [2.75, 3.05) is 6.61 Å². The van der Waals surface area contributed by atoms with Crippen LogP contribution < -0.4 is 0 Å². The molecule has 1 atom stereocenters. The first kappa shape index (κ1) is 13.9. The van der Waals surface area contributed by atoms with E-state index in [2.05, 4.69) is 31.6 Å². The van der Waals surface area contributed by atoms with Crippen molar-refractivity contribution < 1.29 is 14.3 Å². The molecule has 0 spiro atoms. The normalized spacial score (nSPS) is 11.7. The first-order chi connectivity index (χ1) is 7.06. The third-order valence-electron chi connectivity index (χ3n) is 2.16. The molecule has 3 heteroatoms. The van der Waals surface area contributed by atoms with Crippen LogP contribution in [-0.4, -0.2) is 18.9 Å². The van der Waals surface area contributed by atoms with Crippen LogP contribution in [-0.2, 0) is 14.3 Å². The summed E-state index contributed by atoms with van der Waals surface area (Å²) in [6.07, 6.45) is 5.37. The zero-order valence-electron chi connectivity index (χ0n) is 9.79. The van der Waals surface area contributed by atoms with Gasteiger partial charge in [-0.2, -0.15) is 0 Å². The molecule has 0 bridgehead atoms. The van der Waals surface area contributed by atoms with Crippen LogP contribution in [0, 0.1) is 5.92 Å². The molecule has 0 saturated heterocycles. The molecule has 0 aromatic heterocycles. The van der Waals surface area contributed by atoms with Crippen molar-refractivity contribution >= 4 is 12.3 Å². The lowest BCUT2D eigenvalue weighted by Crippen LogP contribution is -2.09. The average molecular weight is 212 g/mol. The van der Waals surface area contributed by atoms with E-state index >= 15 is 0 Å². The molecule has 0 aromatic carbocycles. The molecule has 0 fully saturated rings. The third kappa shape index (κ3) is 9.19. The predicted molar refractivity (Wildman–Crippen MR) is 59.5 cm³/mol. The number of hydrogen-bond donors (Lipinski definition) is 0. The number of hydrogen-bond acceptors (Lipinski definition) is 3. The maximum atomic E-state index is 10.5. The lowest BCUT2D eigenvalue weighted by molar-refractivity contribution is -0.148. The molecule has 0 rings (SSSR count). The summed E-state index contributed by atoms with van der Waals surface area (Å²) < 4.78 is 4.67. The van der Waals surface area contributed by atoms with Gasteiger partial charge in [0, 0.05) is 0 Å². The standard InChI is InChI=1S/C12H20O3/c1-10(2)5-4-6-11(3)7-8-15-12(14)9-13/h5,9,11H,4,6-8H2,1-3H3. The van der Waals surface area contributed by atoms with Crippen molar-refractivity contribution in [3.63, 3.8) is 0 Å². The van der Waals surface area contributed by atoms with E-state index in [1.807, 2.05) is 0 Å². The van der Waals surface area contributed by atoms with E-state index in [-0.39, 0.29) is 6.29 Å². The molecule has 1 unspecified atom stereocenters. The van der Waals surface area contributed by atoms with Crippen LogP contribution in [0.2, 0.25) is 0 Å². The highest BCUT2D eigenvalue weighted by molar-refractivity contribution is 6.20. The quantitative estimate of drug-likeness (QED) is 0.282. The van der Waals surface area contributed by atoms with Gasteiger partial charge >= 0.3 is 5.97 Å². The molecule has 3 nitrogen and oxygen atoms in total. The molecule has 0 N–H and O–H groups in total. The average Bonchev–Trinajstić information content (AvgIpc) is 2.17. The van der Waals surface area contributed by atoms with Crippen LogP contribution in [0.1, 0.15) is 40.0 Å². The predicted octanol–water partition coefficient (Wildman–Crippen LogP) is 2.50. The van der Waals surface area contributed by atoms with Crippen molar-refractivity contribution in [2.24, 2.45) is 5.92 Å². The monoisotopic (exact) mass is 212 g/mol. The van der Waals surface area contributed by atoms with Gasteiger partial charge in [0.25, 0.3) is 0 Å². The lowest BCUT2D eigenvalue weighted by Gasteiger charge is -2.09. The zero-order chi connectivity index (χ0) is 11.7. The highest BCUT2D eigenvalue weighted by Gasteiger charge is 2.03. The van der Waals surface area contributed by atoms with Gasteiger partial charge < -0.3 is 4.74 Å². The number of carbonyl (C=O) groups is 2. The van der Waals surface area contributed by atoms with Crippen LogP contribution in [0.25, 0.3) is 0 Å². The lowest BCUT2D eigenvalue weighted by atomic mass is 10.0. The summed E-state index contributed by atoms with van der Waals surface area (Å²) in [5.41, 5.74) is 1.33. The second-order valence-electron chi connectivity index (χ2n) is 4.04. The molecule has 0 aliphatic carbocycles. The van der Waals surface area contributed by atoms with E-state index in [4.69, 9.17) is 0 Å². The Morgan fingerprint density at radius 2 is 2.00 bits per heavy atom. The number of esters is 1. The third-order valence-corrected chi connectivity index (χ3v) is 2.16. The van der Waals surface area contributed by atoms with Crippen molar-refractivity contribution in [3.8, 4) is 0 Å². The van der Waals surface area contributed by atoms with Crippen LogP contribution in [0.5, 0.6) is 0 Å². The topological polar surface area (TPSA) is 43.4 Å². The zero-order valence-corrected chi connectivity index (χ0v) is 9.79. The minimum atomic E-state index is -0.772. The number of carbonyl (C=O) groups excluding carboxylic acids is 2. The van der Waals surface area contributed by atoms with Gasteiger partial charge in [0.15, 0.2) is 0 Å². The fourth-order valence-electron chi connectivity index (χ4n) is 1.20. The fourth-order valence-corrected chi connectivity index (χ4v) is 1.20. The van der Waals surface area contributed by atoms with Gasteiger partial charge in [-0.1, -0.05) is 18.6 Å². The minimum Gasteiger partial charge on any atom is -0.460 e. The summed E-state index contributed by atoms with van der Waals surface area (Å²) in [5, 5.41) is 0. The van der Waals surface area contributed by atoms with Crippen molar-refractivity contribution in [1.29, 1.82) is 0 Å². The van der Waals surface area contributed by atoms with Gasteiger partial charge in [-0.3, -0.25) is 4.79 Å². The largest absolute Gasteiger partial charge is 0.460 e. The Morgan fingerprint density at radius 3 is 2.53 bits per heavy atom. The van der Waals surface area contributed by atoms with E-state index < -0.39 is 5.97 Å². The van der Waals surface area contributed by atoms with Gasteiger partial charge in [0.05, 0.1) is 6.61 Å². The smallest absolute Gasteiger partial charge is 0.371 e. The highest BCUT2D eigenvalue weighted by atomic mass is 16.5. The molecule has 86 valence electrons. The Morgan fingerprint density at radius 1 is 1.33 bits per heavy atom. The van der Waals surface area contributed by atoms with Crippen LogP contribution >= 0.6 is 0 Å². The molecule has 0 radical (unpaired) electrons. The minimum absolute atomic E-state index is 0.202. The second-order valence-corrected chi connectivity index (χ2v) is 4.04. The van der Waals surface area contributed by atoms with E-state index in [0.717, 1.165) is 19.3 Å². The number of aldehydes is 1. The summed E-state index contributed by atoms with van der Waals surface area (Å²) in [6, 6.07) is 0. The molecule has 0 aliphatic rings. The van der Waals surface area contributed by atoms with Gasteiger partial charge in [0.1, 0.15) is 0 Å². The van der Waals surface area contributed by atoms with Crippen molar-refractivity contribution in [1.82, 2.24) is 0 Å². The molecular formula is C12H20O3. The van der Waals surface area contributed by atoms with E-state index in [9.17, 15) is 9.59 Å². The summed E-state index contributed by atoms with van der Waals surface area (Å²) in [5.74, 6) is -0.258. The number of ether oxygens (including phenoxy) is 1. The second kappa shape index (κ2) is 8.21. The number of allylic oxidation sites excluding steroid dienone is 2. The Kier molecular flexibility index (Phi) is 7.60. The molecule has 0 aliphatic heterocycles. The number of rotatable bonds is 7. The van der Waals surface area contributed by atoms with Crippen LogP contribution in [0.4, 0.5) is 0 Å². The molecule has 0 amide bonds. The summed E-state index contributed by atoms with van der Waals surface area (Å²) in [7, 11) is 0. The summed E-state index contributed by atoms with van der Waals surface area (Å²) in [6.45, 7) is 6.62. The first-order valence-electron chi connectivity index (χ1n) is 5.31. The van der Waals surface area contributed by atoms with E-state index in [1.54, 1.807) is 0 Å². The Bertz CT molecular complexity index is 227. The van der Waals surface area contributed by atoms with Gasteiger partial charge in [-0.05, 0) is 39.0 Å². The molecular weight excluding hydrogens is 192 g/mol. The highest BCUT2D eigenvalue weighted by Crippen LogP contribution is 2.11. The first-order valence-corrected chi connectivity index (χ1v) is 5.31. The summed E-state index contributed by atoms with van der Waals surface area (Å²) in [4.78, 5) is 20.4. The SMILES string of the molecule is CC(C)=CCCC(C)CCOC(=O)C=O. The molecule has 0 heterocycles. The maximum absolute atomic E-state index is 10.5. The Hall–Kier alpha value is -1.12. The van der Waals surface area contributed by atoms with Gasteiger partial charge in [-0.25, -0.2) is 4.79 Å². The van der Waals surface area contributed by atoms with Gasteiger partial charge in [0.2, 0.25) is 6.29 Å². The van der Waals surface area contributed by atoms with Crippen LogP contribution in [0.3, 0.4) is 0 Å². The van der Waals surface area contributed by atoms with E-state index in [0.29, 0.717) is 12.5 Å².